The fourth-order valence-electron chi connectivity index (χ4n) is 2.45. The van der Waals surface area contributed by atoms with Gasteiger partial charge in [-0.15, -0.1) is 11.8 Å². The minimum atomic E-state index is -3.80. The van der Waals surface area contributed by atoms with Gasteiger partial charge in [0.25, 0.3) is 0 Å². The van der Waals surface area contributed by atoms with Crippen molar-refractivity contribution in [1.29, 1.82) is 0 Å². The molecule has 0 fully saturated rings. The van der Waals surface area contributed by atoms with Crippen molar-refractivity contribution in [2.75, 3.05) is 42.9 Å². The summed E-state index contributed by atoms with van der Waals surface area (Å²) in [7, 11) is -1.00. The maximum absolute atomic E-state index is 12.5. The molecule has 0 aliphatic rings. The second-order valence-corrected chi connectivity index (χ2v) is 8.90. The van der Waals surface area contributed by atoms with E-state index in [-0.39, 0.29) is 22.2 Å². The summed E-state index contributed by atoms with van der Waals surface area (Å²) < 4.78 is 36.1. The van der Waals surface area contributed by atoms with E-state index in [0.717, 1.165) is 15.5 Å². The average molecular weight is 445 g/mol. The Balaban J connectivity index is 2.36. The van der Waals surface area contributed by atoms with Gasteiger partial charge in [-0.25, -0.2) is 8.42 Å². The van der Waals surface area contributed by atoms with Crippen molar-refractivity contribution in [1.82, 2.24) is 0 Å². The summed E-state index contributed by atoms with van der Waals surface area (Å²) in [5.74, 6) is -0.0350. The van der Waals surface area contributed by atoms with Crippen molar-refractivity contribution < 1.29 is 22.7 Å². The molecule has 2 aromatic carbocycles. The van der Waals surface area contributed by atoms with Crippen LogP contribution >= 0.6 is 23.4 Å². The van der Waals surface area contributed by atoms with Gasteiger partial charge < -0.3 is 14.8 Å². The van der Waals surface area contributed by atoms with Gasteiger partial charge in [0.2, 0.25) is 15.9 Å². The lowest BCUT2D eigenvalue weighted by Crippen LogP contribution is -2.37. The van der Waals surface area contributed by atoms with Gasteiger partial charge in [-0.2, -0.15) is 0 Å². The van der Waals surface area contributed by atoms with Gasteiger partial charge >= 0.3 is 0 Å². The van der Waals surface area contributed by atoms with Crippen LogP contribution < -0.4 is 19.1 Å². The van der Waals surface area contributed by atoms with Crippen LogP contribution in [0.15, 0.2) is 41.3 Å². The zero-order chi connectivity index (χ0) is 20.9. The molecule has 1 amide bonds. The topological polar surface area (TPSA) is 84.9 Å². The van der Waals surface area contributed by atoms with E-state index >= 15 is 0 Å². The summed E-state index contributed by atoms with van der Waals surface area (Å²) >= 11 is 7.62. The van der Waals surface area contributed by atoms with Crippen molar-refractivity contribution in [3.8, 4) is 11.5 Å². The molecule has 152 valence electrons. The minimum Gasteiger partial charge on any atom is -0.495 e. The molecule has 0 saturated heterocycles. The fraction of sp³-hybridized carbons (Fsp3) is 0.278. The molecule has 0 aromatic heterocycles. The largest absolute Gasteiger partial charge is 0.495 e. The first-order valence-electron chi connectivity index (χ1n) is 8.02. The molecule has 0 saturated carbocycles. The van der Waals surface area contributed by atoms with E-state index in [9.17, 15) is 13.2 Å². The summed E-state index contributed by atoms with van der Waals surface area (Å²) in [6, 6.07) is 10.1. The van der Waals surface area contributed by atoms with Crippen LogP contribution in [-0.2, 0) is 14.8 Å². The number of ether oxygens (including phenoxy) is 2. The van der Waals surface area contributed by atoms with Crippen molar-refractivity contribution in [3.05, 3.63) is 41.4 Å². The standard InChI is InChI=1S/C18H21ClN2O5S2/c1-25-16-10-15(17(26-2)9-14(16)19)21(28(4,23)24)11-18(22)20-12-6-5-7-13(8-12)27-3/h5-10H,11H2,1-4H3,(H,20,22). The van der Waals surface area contributed by atoms with Crippen molar-refractivity contribution in [2.45, 2.75) is 4.90 Å². The summed E-state index contributed by atoms with van der Waals surface area (Å²) in [4.78, 5) is 13.5. The number of halogens is 1. The van der Waals surface area contributed by atoms with E-state index in [4.69, 9.17) is 21.1 Å². The molecule has 0 spiro atoms. The number of nitrogens with zero attached hydrogens (tertiary/aromatic N) is 1. The lowest BCUT2D eigenvalue weighted by atomic mass is 10.2. The Morgan fingerprint density at radius 1 is 1.18 bits per heavy atom. The molecule has 0 unspecified atom stereocenters. The first-order chi connectivity index (χ1) is 13.2. The number of hydrogen-bond acceptors (Lipinski definition) is 6. The normalized spacial score (nSPS) is 11.0. The first kappa shape index (κ1) is 22.2. The van der Waals surface area contributed by atoms with Crippen LogP contribution in [0.3, 0.4) is 0 Å². The van der Waals surface area contributed by atoms with Gasteiger partial charge in [-0.1, -0.05) is 17.7 Å². The number of carbonyl (C=O) groups excluding carboxylic acids is 1. The third-order valence-electron chi connectivity index (χ3n) is 3.76. The number of sulfonamides is 1. The Labute approximate surface area is 174 Å². The van der Waals surface area contributed by atoms with Crippen LogP contribution in [0.2, 0.25) is 5.02 Å². The average Bonchev–Trinajstić information content (AvgIpc) is 2.65. The molecular weight excluding hydrogens is 424 g/mol. The van der Waals surface area contributed by atoms with Crippen molar-refractivity contribution in [2.24, 2.45) is 0 Å². The molecule has 0 bridgehead atoms. The molecule has 0 radical (unpaired) electrons. The van der Waals surface area contributed by atoms with E-state index < -0.39 is 22.5 Å². The number of benzene rings is 2. The number of carbonyl (C=O) groups is 1. The van der Waals surface area contributed by atoms with Crippen LogP contribution in [0.4, 0.5) is 11.4 Å². The number of thioether (sulfide) groups is 1. The third-order valence-corrected chi connectivity index (χ3v) is 5.91. The summed E-state index contributed by atoms with van der Waals surface area (Å²) in [5.41, 5.74) is 0.727. The first-order valence-corrected chi connectivity index (χ1v) is 11.5. The SMILES string of the molecule is COc1cc(N(CC(=O)Nc2cccc(SC)c2)S(C)(=O)=O)c(OC)cc1Cl. The Hall–Kier alpha value is -2.10. The number of methoxy groups -OCH3 is 2. The molecule has 10 heteroatoms. The third kappa shape index (κ3) is 5.46. The second kappa shape index (κ2) is 9.40. The molecule has 1 N–H and O–H groups in total. The number of anilines is 2. The van der Waals surface area contributed by atoms with Crippen LogP contribution in [0, 0.1) is 0 Å². The molecule has 0 atom stereocenters. The number of amides is 1. The predicted molar refractivity (Wildman–Crippen MR) is 114 cm³/mol. The van der Waals surface area contributed by atoms with Gasteiger partial charge in [-0.3, -0.25) is 9.10 Å². The van der Waals surface area contributed by atoms with Crippen LogP contribution in [0.1, 0.15) is 0 Å². The molecule has 0 aliphatic carbocycles. The molecule has 0 aliphatic heterocycles. The molecular formula is C18H21ClN2O5S2. The van der Waals surface area contributed by atoms with Gasteiger partial charge in [0.05, 0.1) is 31.2 Å². The molecule has 7 nitrogen and oxygen atoms in total. The van der Waals surface area contributed by atoms with E-state index in [0.29, 0.717) is 5.69 Å². The molecule has 2 rings (SSSR count). The Morgan fingerprint density at radius 3 is 2.43 bits per heavy atom. The van der Waals surface area contributed by atoms with Gasteiger partial charge in [-0.05, 0) is 24.5 Å². The number of rotatable bonds is 8. The minimum absolute atomic E-state index is 0.152. The van der Waals surface area contributed by atoms with Crippen LogP contribution in [-0.4, -0.2) is 47.6 Å². The Bertz CT molecular complexity index is 966. The van der Waals surface area contributed by atoms with E-state index in [1.54, 1.807) is 12.1 Å². The number of hydrogen-bond donors (Lipinski definition) is 1. The second-order valence-electron chi connectivity index (χ2n) is 5.71. The quantitative estimate of drug-likeness (QED) is 0.627. The molecule has 28 heavy (non-hydrogen) atoms. The Morgan fingerprint density at radius 2 is 1.86 bits per heavy atom. The maximum Gasteiger partial charge on any atom is 0.245 e. The Kier molecular flexibility index (Phi) is 7.45. The maximum atomic E-state index is 12.5. The lowest BCUT2D eigenvalue weighted by molar-refractivity contribution is -0.114. The van der Waals surface area contributed by atoms with Gasteiger partial charge in [0, 0.05) is 22.7 Å². The van der Waals surface area contributed by atoms with E-state index in [1.165, 1.54) is 38.1 Å². The predicted octanol–water partition coefficient (Wildman–Crippen LogP) is 3.48. The van der Waals surface area contributed by atoms with Crippen LogP contribution in [0.5, 0.6) is 11.5 Å². The van der Waals surface area contributed by atoms with Crippen molar-refractivity contribution in [3.63, 3.8) is 0 Å². The highest BCUT2D eigenvalue weighted by atomic mass is 35.5. The van der Waals surface area contributed by atoms with Gasteiger partial charge in [0.1, 0.15) is 18.0 Å². The zero-order valence-corrected chi connectivity index (χ0v) is 18.2. The summed E-state index contributed by atoms with van der Waals surface area (Å²) in [6.07, 6.45) is 2.93. The van der Waals surface area contributed by atoms with Crippen LogP contribution in [0.25, 0.3) is 0 Å². The highest BCUT2D eigenvalue weighted by molar-refractivity contribution is 7.98. The van der Waals surface area contributed by atoms with E-state index in [1.807, 2.05) is 18.4 Å². The fourth-order valence-corrected chi connectivity index (χ4v) is 3.99. The molecule has 0 heterocycles. The van der Waals surface area contributed by atoms with Crippen molar-refractivity contribution >= 4 is 50.7 Å². The highest BCUT2D eigenvalue weighted by Gasteiger charge is 2.25. The smallest absolute Gasteiger partial charge is 0.245 e. The summed E-state index contributed by atoms with van der Waals surface area (Å²) in [6.45, 7) is -0.441. The van der Waals surface area contributed by atoms with E-state index in [2.05, 4.69) is 5.32 Å². The molecule has 2 aromatic rings. The van der Waals surface area contributed by atoms with Gasteiger partial charge in [0.15, 0.2) is 0 Å². The summed E-state index contributed by atoms with van der Waals surface area (Å²) in [5, 5.41) is 2.97. The zero-order valence-electron chi connectivity index (χ0n) is 15.9. The number of nitrogens with one attached hydrogen (secondary N) is 1. The monoisotopic (exact) mass is 444 g/mol. The lowest BCUT2D eigenvalue weighted by Gasteiger charge is -2.24. The highest BCUT2D eigenvalue weighted by Crippen LogP contribution is 2.39.